The van der Waals surface area contributed by atoms with E-state index >= 15 is 0 Å². The van der Waals surface area contributed by atoms with Crippen LogP contribution in [0.5, 0.6) is 0 Å². The Balaban J connectivity index is 1.27. The van der Waals surface area contributed by atoms with Gasteiger partial charge in [-0.2, -0.15) is 0 Å². The van der Waals surface area contributed by atoms with Crippen LogP contribution in [0.1, 0.15) is 73.3 Å². The molecule has 0 amide bonds. The lowest BCUT2D eigenvalue weighted by Crippen LogP contribution is -2.53. The van der Waals surface area contributed by atoms with E-state index in [2.05, 4.69) is 140 Å². The summed E-state index contributed by atoms with van der Waals surface area (Å²) < 4.78 is 37.1. The molecule has 3 fully saturated rings. The van der Waals surface area contributed by atoms with E-state index in [4.69, 9.17) is 23.0 Å². The van der Waals surface area contributed by atoms with E-state index in [9.17, 15) is 0 Å². The molecule has 6 aromatic carbocycles. The van der Waals surface area contributed by atoms with Crippen LogP contribution in [0.2, 0.25) is 0 Å². The highest BCUT2D eigenvalue weighted by Gasteiger charge is 2.67. The van der Waals surface area contributed by atoms with Crippen molar-refractivity contribution in [3.05, 3.63) is 192 Å². The quantitative estimate of drug-likeness (QED) is 0.154. The smallest absolute Gasteiger partial charge is 0.335 e. The molecule has 2 aliphatic heterocycles. The first kappa shape index (κ1) is 34.6. The van der Waals surface area contributed by atoms with Gasteiger partial charge in [0.15, 0.2) is 17.0 Å². The van der Waals surface area contributed by atoms with E-state index in [1.54, 1.807) is 0 Å². The fraction of sp³-hybridized carbons (Fsp3) is 0.277. The fourth-order valence-corrected chi connectivity index (χ4v) is 10.7. The van der Waals surface area contributed by atoms with E-state index < -0.39 is 37.8 Å². The average molecular weight is 721 g/mol. The largest absolute Gasteiger partial charge is 0.341 e. The second-order valence-corrected chi connectivity index (χ2v) is 15.9. The predicted octanol–water partition coefficient (Wildman–Crippen LogP) is 11.6. The topological polar surface area (TPSA) is 46.2 Å². The van der Waals surface area contributed by atoms with E-state index in [1.165, 1.54) is 16.3 Å². The summed E-state index contributed by atoms with van der Waals surface area (Å²) >= 11 is 0. The molecule has 268 valence electrons. The molecule has 1 saturated carbocycles. The zero-order chi connectivity index (χ0) is 35.9. The SMILES string of the molecule is CC1(C)O[C@H]2[C@H](O1)C(c1ccccc1)(c1ccccc1)OP(O[C@@H]1CCCC[C@H]1c1cccc3ccccc13)OC2(c1ccccc1)c1ccccc1. The number of rotatable bonds is 7. The summed E-state index contributed by atoms with van der Waals surface area (Å²) in [5, 5.41) is 2.52. The first-order valence-corrected chi connectivity index (χ1v) is 20.0. The zero-order valence-electron chi connectivity index (χ0n) is 30.2. The van der Waals surface area contributed by atoms with Crippen molar-refractivity contribution in [3.63, 3.8) is 0 Å². The molecule has 0 bridgehead atoms. The van der Waals surface area contributed by atoms with Gasteiger partial charge in [0.25, 0.3) is 0 Å². The van der Waals surface area contributed by atoms with Crippen molar-refractivity contribution in [1.29, 1.82) is 0 Å². The molecule has 53 heavy (non-hydrogen) atoms. The van der Waals surface area contributed by atoms with Crippen molar-refractivity contribution in [2.75, 3.05) is 0 Å². The molecule has 5 nitrogen and oxygen atoms in total. The van der Waals surface area contributed by atoms with E-state index in [1.807, 2.05) is 38.1 Å². The van der Waals surface area contributed by atoms with Gasteiger partial charge in [-0.05, 0) is 65.3 Å². The molecule has 3 aliphatic rings. The monoisotopic (exact) mass is 720 g/mol. The molecule has 6 heteroatoms. The van der Waals surface area contributed by atoms with Crippen LogP contribution in [0.25, 0.3) is 10.8 Å². The molecule has 2 saturated heterocycles. The minimum Gasteiger partial charge on any atom is -0.341 e. The third-order valence-electron chi connectivity index (χ3n) is 11.3. The van der Waals surface area contributed by atoms with Gasteiger partial charge in [-0.3, -0.25) is 9.05 Å². The lowest BCUT2D eigenvalue weighted by atomic mass is 9.72. The fourth-order valence-electron chi connectivity index (χ4n) is 8.96. The zero-order valence-corrected chi connectivity index (χ0v) is 31.1. The van der Waals surface area contributed by atoms with Gasteiger partial charge in [0.1, 0.15) is 12.2 Å². The average Bonchev–Trinajstić information content (AvgIpc) is 3.50. The van der Waals surface area contributed by atoms with Crippen LogP contribution < -0.4 is 0 Å². The molecule has 0 radical (unpaired) electrons. The molecule has 0 aromatic heterocycles. The van der Waals surface area contributed by atoms with Crippen molar-refractivity contribution < 1.29 is 23.0 Å². The summed E-state index contributed by atoms with van der Waals surface area (Å²) in [6.45, 7) is 3.97. The van der Waals surface area contributed by atoms with Crippen molar-refractivity contribution in [2.24, 2.45) is 0 Å². The molecule has 0 unspecified atom stereocenters. The predicted molar refractivity (Wildman–Crippen MR) is 210 cm³/mol. The van der Waals surface area contributed by atoms with Gasteiger partial charge in [-0.25, -0.2) is 0 Å². The van der Waals surface area contributed by atoms with Crippen LogP contribution >= 0.6 is 8.60 Å². The van der Waals surface area contributed by atoms with Crippen LogP contribution in [0.3, 0.4) is 0 Å². The third kappa shape index (κ3) is 6.14. The number of benzene rings is 6. The summed E-state index contributed by atoms with van der Waals surface area (Å²) in [5.74, 6) is -0.778. The standard InChI is InChI=1S/C47H45O5P/c1-45(2)48-43-44(49-45)47(37-26-11-5-12-27-37,38-28-13-6-14-29-38)52-53(51-46(43,35-22-7-3-8-23-35)36-24-9-4-10-25-36)50-42-33-18-17-31-41(42)40-32-19-21-34-20-15-16-30-39(34)40/h3-16,19-30,32,41-44H,17-18,31,33H2,1-2H3/t41-,42+,43-,44-/m0/s1. The van der Waals surface area contributed by atoms with Crippen LogP contribution in [-0.4, -0.2) is 24.1 Å². The second-order valence-electron chi connectivity index (χ2n) is 14.9. The van der Waals surface area contributed by atoms with Gasteiger partial charge < -0.3 is 14.0 Å². The molecule has 1 aliphatic carbocycles. The Kier molecular flexibility index (Phi) is 9.28. The highest BCUT2D eigenvalue weighted by atomic mass is 31.2. The lowest BCUT2D eigenvalue weighted by Gasteiger charge is -2.41. The third-order valence-corrected chi connectivity index (χ3v) is 12.6. The van der Waals surface area contributed by atoms with Crippen molar-refractivity contribution in [3.8, 4) is 0 Å². The Morgan fingerprint density at radius 3 is 1.45 bits per heavy atom. The van der Waals surface area contributed by atoms with E-state index in [-0.39, 0.29) is 12.0 Å². The highest BCUT2D eigenvalue weighted by molar-refractivity contribution is 7.41. The van der Waals surface area contributed by atoms with Gasteiger partial charge >= 0.3 is 8.60 Å². The number of fused-ring (bicyclic) bond motifs is 2. The number of hydrogen-bond donors (Lipinski definition) is 0. The van der Waals surface area contributed by atoms with E-state index in [0.29, 0.717) is 0 Å². The summed E-state index contributed by atoms with van der Waals surface area (Å²) in [5.41, 5.74) is 2.82. The minimum atomic E-state index is -2.07. The molecule has 0 N–H and O–H groups in total. The Hall–Kier alpha value is -4.19. The number of hydrogen-bond acceptors (Lipinski definition) is 5. The van der Waals surface area contributed by atoms with Crippen LogP contribution in [0.15, 0.2) is 164 Å². The first-order chi connectivity index (χ1) is 26.0. The maximum Gasteiger partial charge on any atom is 0.335 e. The van der Waals surface area contributed by atoms with Crippen molar-refractivity contribution >= 4 is 19.4 Å². The van der Waals surface area contributed by atoms with Crippen LogP contribution in [0.4, 0.5) is 0 Å². The second kappa shape index (κ2) is 14.2. The van der Waals surface area contributed by atoms with Gasteiger partial charge in [0.2, 0.25) is 0 Å². The Morgan fingerprint density at radius 1 is 0.509 bits per heavy atom. The molecule has 0 spiro atoms. The van der Waals surface area contributed by atoms with Gasteiger partial charge in [-0.1, -0.05) is 177 Å². The maximum absolute atomic E-state index is 7.67. The Labute approximate surface area is 313 Å². The van der Waals surface area contributed by atoms with Gasteiger partial charge in [-0.15, -0.1) is 0 Å². The van der Waals surface area contributed by atoms with Gasteiger partial charge in [0, 0.05) is 5.92 Å². The molecule has 2 heterocycles. The maximum atomic E-state index is 7.67. The Bertz CT molecular complexity index is 1950. The molecule has 4 atom stereocenters. The summed E-state index contributed by atoms with van der Waals surface area (Å²) in [4.78, 5) is 0. The normalized spacial score (nSPS) is 25.0. The van der Waals surface area contributed by atoms with Crippen LogP contribution in [0, 0.1) is 0 Å². The Morgan fingerprint density at radius 2 is 0.943 bits per heavy atom. The van der Waals surface area contributed by atoms with E-state index in [0.717, 1.165) is 47.9 Å². The highest BCUT2D eigenvalue weighted by Crippen LogP contribution is 2.66. The molecular weight excluding hydrogens is 675 g/mol. The van der Waals surface area contributed by atoms with Crippen molar-refractivity contribution in [2.45, 2.75) is 80.7 Å². The number of ether oxygens (including phenoxy) is 2. The first-order valence-electron chi connectivity index (χ1n) is 18.9. The summed E-state index contributed by atoms with van der Waals surface area (Å²) in [7, 11) is -2.07. The van der Waals surface area contributed by atoms with Crippen LogP contribution in [-0.2, 0) is 34.2 Å². The molecular formula is C47H45O5P. The molecule has 9 rings (SSSR count). The van der Waals surface area contributed by atoms with Crippen molar-refractivity contribution in [1.82, 2.24) is 0 Å². The minimum absolute atomic E-state index is 0.134. The van der Waals surface area contributed by atoms with Gasteiger partial charge in [0.05, 0.1) is 6.10 Å². The summed E-state index contributed by atoms with van der Waals surface area (Å²) in [6.07, 6.45) is 2.73. The molecule has 6 aromatic rings. The lowest BCUT2D eigenvalue weighted by molar-refractivity contribution is -0.177. The summed E-state index contributed by atoms with van der Waals surface area (Å²) in [6, 6.07) is 57.0.